The summed E-state index contributed by atoms with van der Waals surface area (Å²) < 4.78 is 16.4. The molecule has 0 unspecified atom stereocenters. The van der Waals surface area contributed by atoms with Gasteiger partial charge in [0.15, 0.2) is 0 Å². The number of carbonyl (C=O) groups is 1. The van der Waals surface area contributed by atoms with Gasteiger partial charge in [0.25, 0.3) is 5.91 Å². The zero-order chi connectivity index (χ0) is 20.2. The van der Waals surface area contributed by atoms with Gasteiger partial charge in [0, 0.05) is 40.7 Å². The molecule has 2 aromatic heterocycles. The van der Waals surface area contributed by atoms with Gasteiger partial charge in [0.05, 0.1) is 16.9 Å². The van der Waals surface area contributed by atoms with E-state index < -0.39 is 11.7 Å². The summed E-state index contributed by atoms with van der Waals surface area (Å²) in [6.07, 6.45) is 5.24. The van der Waals surface area contributed by atoms with E-state index in [4.69, 9.17) is 0 Å². The van der Waals surface area contributed by atoms with Crippen molar-refractivity contribution in [3.8, 4) is 16.9 Å². The molecule has 7 heteroatoms. The van der Waals surface area contributed by atoms with Crippen LogP contribution < -0.4 is 5.32 Å². The van der Waals surface area contributed by atoms with Crippen LogP contribution in [0.5, 0.6) is 0 Å². The van der Waals surface area contributed by atoms with E-state index in [9.17, 15) is 9.18 Å². The Kier molecular flexibility index (Phi) is 5.48. The fourth-order valence-corrected chi connectivity index (χ4v) is 3.31. The molecule has 2 aromatic carbocycles. The lowest BCUT2D eigenvalue weighted by atomic mass is 10.1. The Hall–Kier alpha value is -3.32. The summed E-state index contributed by atoms with van der Waals surface area (Å²) in [5.41, 5.74) is 3.31. The number of pyridine rings is 1. The number of para-hydroxylation sites is 1. The van der Waals surface area contributed by atoms with Crippen molar-refractivity contribution in [1.29, 1.82) is 0 Å². The summed E-state index contributed by atoms with van der Waals surface area (Å²) in [4.78, 5) is 16.6. The van der Waals surface area contributed by atoms with Gasteiger partial charge in [-0.3, -0.25) is 9.78 Å². The van der Waals surface area contributed by atoms with Gasteiger partial charge in [0.1, 0.15) is 5.82 Å². The Balaban J connectivity index is 1.64. The molecule has 0 atom stereocenters. The number of hydrogen-bond donors (Lipinski definition) is 1. The first kappa shape index (κ1) is 19.0. The van der Waals surface area contributed by atoms with Crippen molar-refractivity contribution in [2.45, 2.75) is 6.54 Å². The summed E-state index contributed by atoms with van der Waals surface area (Å²) in [6, 6.07) is 17.7. The van der Waals surface area contributed by atoms with E-state index in [1.165, 1.54) is 12.1 Å². The second kappa shape index (κ2) is 8.36. The molecule has 0 radical (unpaired) electrons. The molecule has 144 valence electrons. The Morgan fingerprint density at radius 1 is 1.07 bits per heavy atom. The van der Waals surface area contributed by atoms with E-state index >= 15 is 0 Å². The highest BCUT2D eigenvalue weighted by atomic mass is 79.9. The molecule has 4 rings (SSSR count). The highest BCUT2D eigenvalue weighted by Gasteiger charge is 2.16. The van der Waals surface area contributed by atoms with E-state index in [1.807, 2.05) is 48.7 Å². The normalized spacial score (nSPS) is 10.7. The fraction of sp³-hybridized carbons (Fsp3) is 0.0455. The third-order valence-corrected chi connectivity index (χ3v) is 4.87. The number of carbonyl (C=O) groups excluding carboxylic acids is 1. The first-order valence-corrected chi connectivity index (χ1v) is 9.69. The van der Waals surface area contributed by atoms with Gasteiger partial charge in [-0.15, -0.1) is 0 Å². The van der Waals surface area contributed by atoms with E-state index in [1.54, 1.807) is 23.1 Å². The third-order valence-electron chi connectivity index (χ3n) is 4.38. The highest BCUT2D eigenvalue weighted by Crippen LogP contribution is 2.23. The van der Waals surface area contributed by atoms with Crippen LogP contribution in [0.4, 0.5) is 4.39 Å². The second-order valence-electron chi connectivity index (χ2n) is 6.33. The van der Waals surface area contributed by atoms with Crippen LogP contribution in [-0.4, -0.2) is 20.7 Å². The number of aromatic nitrogens is 3. The third kappa shape index (κ3) is 4.25. The van der Waals surface area contributed by atoms with Crippen LogP contribution in [-0.2, 0) is 6.54 Å². The Morgan fingerprint density at radius 3 is 2.59 bits per heavy atom. The SMILES string of the molecule is O=C(NCc1cn(-c2ccccc2)nc1-c1ccncc1)c1cc(Br)ccc1F. The van der Waals surface area contributed by atoms with Crippen molar-refractivity contribution in [2.75, 3.05) is 0 Å². The van der Waals surface area contributed by atoms with Gasteiger partial charge in [0.2, 0.25) is 0 Å². The average Bonchev–Trinajstić information content (AvgIpc) is 3.19. The maximum atomic E-state index is 14.0. The number of halogens is 2. The predicted molar refractivity (Wildman–Crippen MR) is 112 cm³/mol. The van der Waals surface area contributed by atoms with Gasteiger partial charge in [-0.25, -0.2) is 9.07 Å². The minimum Gasteiger partial charge on any atom is -0.348 e. The number of hydrogen-bond acceptors (Lipinski definition) is 3. The lowest BCUT2D eigenvalue weighted by molar-refractivity contribution is 0.0947. The number of nitrogens with zero attached hydrogens (tertiary/aromatic N) is 3. The van der Waals surface area contributed by atoms with Crippen LogP contribution >= 0.6 is 15.9 Å². The fourth-order valence-electron chi connectivity index (χ4n) is 2.95. The van der Waals surface area contributed by atoms with Crippen molar-refractivity contribution in [3.05, 3.63) is 101 Å². The summed E-state index contributed by atoms with van der Waals surface area (Å²) >= 11 is 3.27. The Morgan fingerprint density at radius 2 is 1.83 bits per heavy atom. The smallest absolute Gasteiger partial charge is 0.254 e. The topological polar surface area (TPSA) is 59.8 Å². The molecule has 0 saturated heterocycles. The van der Waals surface area contributed by atoms with Gasteiger partial charge in [-0.05, 0) is 42.5 Å². The Labute approximate surface area is 175 Å². The number of rotatable bonds is 5. The molecule has 0 aliphatic rings. The molecule has 1 N–H and O–H groups in total. The first-order valence-electron chi connectivity index (χ1n) is 8.89. The Bertz CT molecular complexity index is 1150. The molecule has 2 heterocycles. The summed E-state index contributed by atoms with van der Waals surface area (Å²) in [6.45, 7) is 0.204. The molecule has 29 heavy (non-hydrogen) atoms. The summed E-state index contributed by atoms with van der Waals surface area (Å²) in [5, 5.41) is 7.48. The van der Waals surface area contributed by atoms with Gasteiger partial charge >= 0.3 is 0 Å². The molecule has 1 amide bonds. The molecule has 0 fully saturated rings. The van der Waals surface area contributed by atoms with Crippen molar-refractivity contribution in [2.24, 2.45) is 0 Å². The average molecular weight is 451 g/mol. The minimum atomic E-state index is -0.569. The molecule has 0 aliphatic heterocycles. The predicted octanol–water partition coefficient (Wildman–Crippen LogP) is 4.77. The van der Waals surface area contributed by atoms with Crippen molar-refractivity contribution < 1.29 is 9.18 Å². The van der Waals surface area contributed by atoms with E-state index in [2.05, 4.69) is 31.3 Å². The molecule has 0 aliphatic carbocycles. The monoisotopic (exact) mass is 450 g/mol. The van der Waals surface area contributed by atoms with Gasteiger partial charge in [-0.1, -0.05) is 34.1 Å². The van der Waals surface area contributed by atoms with Crippen LogP contribution in [0.3, 0.4) is 0 Å². The minimum absolute atomic E-state index is 0.0136. The molecule has 0 saturated carbocycles. The van der Waals surface area contributed by atoms with Gasteiger partial charge in [-0.2, -0.15) is 5.10 Å². The number of benzene rings is 2. The number of nitrogens with one attached hydrogen (secondary N) is 1. The summed E-state index contributed by atoms with van der Waals surface area (Å²) in [5.74, 6) is -1.06. The highest BCUT2D eigenvalue weighted by molar-refractivity contribution is 9.10. The van der Waals surface area contributed by atoms with Crippen LogP contribution in [0.2, 0.25) is 0 Å². The molecule has 4 aromatic rings. The lowest BCUT2D eigenvalue weighted by Crippen LogP contribution is -2.24. The van der Waals surface area contributed by atoms with Crippen molar-refractivity contribution in [3.63, 3.8) is 0 Å². The number of amides is 1. The maximum Gasteiger partial charge on any atom is 0.254 e. The van der Waals surface area contributed by atoms with Crippen LogP contribution in [0.15, 0.2) is 83.7 Å². The largest absolute Gasteiger partial charge is 0.348 e. The molecule has 0 spiro atoms. The molecular formula is C22H16BrFN4O. The zero-order valence-electron chi connectivity index (χ0n) is 15.2. The van der Waals surface area contributed by atoms with Gasteiger partial charge < -0.3 is 5.32 Å². The van der Waals surface area contributed by atoms with Crippen LogP contribution in [0.25, 0.3) is 16.9 Å². The summed E-state index contributed by atoms with van der Waals surface area (Å²) in [7, 11) is 0. The van der Waals surface area contributed by atoms with E-state index in [-0.39, 0.29) is 12.1 Å². The maximum absolute atomic E-state index is 14.0. The van der Waals surface area contributed by atoms with E-state index in [0.717, 1.165) is 22.5 Å². The standard InChI is InChI=1S/C22H16BrFN4O/c23-17-6-7-20(24)19(12-17)22(29)26-13-16-14-28(18-4-2-1-3-5-18)27-21(16)15-8-10-25-11-9-15/h1-12,14H,13H2,(H,26,29). The van der Waals surface area contributed by atoms with Crippen molar-refractivity contribution in [1.82, 2.24) is 20.1 Å². The van der Waals surface area contributed by atoms with Crippen LogP contribution in [0.1, 0.15) is 15.9 Å². The van der Waals surface area contributed by atoms with E-state index in [0.29, 0.717) is 4.47 Å². The zero-order valence-corrected chi connectivity index (χ0v) is 16.8. The first-order chi connectivity index (χ1) is 14.1. The van der Waals surface area contributed by atoms with Crippen LogP contribution in [0, 0.1) is 5.82 Å². The lowest BCUT2D eigenvalue weighted by Gasteiger charge is -2.07. The van der Waals surface area contributed by atoms with Crippen molar-refractivity contribution >= 4 is 21.8 Å². The molecule has 5 nitrogen and oxygen atoms in total. The molecule has 0 bridgehead atoms. The molecular weight excluding hydrogens is 435 g/mol. The quantitative estimate of drug-likeness (QED) is 0.476. The second-order valence-corrected chi connectivity index (χ2v) is 7.24.